The van der Waals surface area contributed by atoms with Crippen molar-refractivity contribution in [1.29, 1.82) is 0 Å². The molecule has 4 saturated carbocycles. The van der Waals surface area contributed by atoms with Crippen molar-refractivity contribution in [3.63, 3.8) is 0 Å². The Bertz CT molecular complexity index is 1750. The van der Waals surface area contributed by atoms with Crippen molar-refractivity contribution >= 4 is 29.3 Å². The second-order valence-electron chi connectivity index (χ2n) is 21.7. The minimum absolute atomic E-state index is 0.0336. The van der Waals surface area contributed by atoms with Crippen LogP contribution in [0.15, 0.2) is 35.4 Å². The largest absolute Gasteiger partial charge is 0.481 e. The monoisotopic (exact) mass is 809 g/mol. The SMILES string of the molecule is CC(C)C1=C2[C@H]3CC[C@@H]4[C@@]5(C)CC[C@H](OC(=O)CC(C)(C)C(=O)O)C(C)(C)C5CC[C@@]4(C)[C@]3(C)CCC2([C@H](O)CN(CCN(C)C)Cc2ccccc2Cl)CC1=O. The zero-order valence-electron chi connectivity index (χ0n) is 37.0. The summed E-state index contributed by atoms with van der Waals surface area (Å²) < 4.78 is 6.20. The number of Topliss-reactive ketones (excluding diaryl/α,β-unsaturated/α-hetero) is 1. The molecule has 1 aromatic rings. The van der Waals surface area contributed by atoms with Crippen molar-refractivity contribution in [2.45, 2.75) is 145 Å². The fourth-order valence-electron chi connectivity index (χ4n) is 13.8. The van der Waals surface area contributed by atoms with Crippen LogP contribution in [0, 0.1) is 56.2 Å². The van der Waals surface area contributed by atoms with Gasteiger partial charge in [0.05, 0.1) is 17.9 Å². The van der Waals surface area contributed by atoms with E-state index in [1.165, 1.54) is 5.57 Å². The van der Waals surface area contributed by atoms with Gasteiger partial charge in [0.25, 0.3) is 0 Å². The summed E-state index contributed by atoms with van der Waals surface area (Å²) in [5.41, 5.74) is 1.39. The molecule has 2 unspecified atom stereocenters. The number of halogens is 1. The van der Waals surface area contributed by atoms with E-state index in [9.17, 15) is 24.6 Å². The number of carboxylic acids is 1. The Hall–Kier alpha value is -2.26. The number of hydrogen-bond acceptors (Lipinski definition) is 7. The number of fused-ring (bicyclic) bond motifs is 7. The lowest BCUT2D eigenvalue weighted by Crippen LogP contribution is -2.66. The van der Waals surface area contributed by atoms with Crippen molar-refractivity contribution in [3.8, 4) is 0 Å². The fraction of sp³-hybridized carbons (Fsp3) is 0.771. The highest BCUT2D eigenvalue weighted by Gasteiger charge is 2.71. The zero-order chi connectivity index (χ0) is 42.1. The summed E-state index contributed by atoms with van der Waals surface area (Å²) in [5.74, 6) is -0.0237. The maximum atomic E-state index is 14.3. The maximum absolute atomic E-state index is 14.3. The average molecular weight is 810 g/mol. The van der Waals surface area contributed by atoms with Gasteiger partial charge in [-0.1, -0.05) is 83.8 Å². The van der Waals surface area contributed by atoms with E-state index in [0.717, 1.165) is 80.6 Å². The number of ether oxygens (including phenoxy) is 1. The van der Waals surface area contributed by atoms with E-state index >= 15 is 0 Å². The Morgan fingerprint density at radius 1 is 0.930 bits per heavy atom. The minimum atomic E-state index is -1.17. The lowest BCUT2D eigenvalue weighted by atomic mass is 9.33. The first kappa shape index (κ1) is 44.3. The number of nitrogens with zero attached hydrogens (tertiary/aromatic N) is 2. The van der Waals surface area contributed by atoms with E-state index in [1.54, 1.807) is 13.8 Å². The standard InChI is InChI=1S/C48H73ClN2O6/c1-30(2)40-34(52)26-48(37(53)29-51(25-24-50(10)11)28-31-14-12-13-15-33(31)49)23-22-46(8)32(41(40)48)16-17-36-45(7)20-19-38(57-39(54)27-43(3,4)42(55)56)44(5,6)35(45)18-21-47(36,46)9/h12-15,30,32,35-38,53H,16-29H2,1-11H3,(H,55,56)/t32-,35?,36-,37-,38+,45+,46-,47-,48?/m1/s1. The summed E-state index contributed by atoms with van der Waals surface area (Å²) in [7, 11) is 4.15. The van der Waals surface area contributed by atoms with Crippen molar-refractivity contribution < 1.29 is 29.3 Å². The van der Waals surface area contributed by atoms with Gasteiger partial charge in [0.2, 0.25) is 0 Å². The molecule has 0 amide bonds. The minimum Gasteiger partial charge on any atom is -0.481 e. The first-order chi connectivity index (χ1) is 26.4. The number of rotatable bonds is 13. The molecule has 0 radical (unpaired) electrons. The smallest absolute Gasteiger partial charge is 0.309 e. The van der Waals surface area contributed by atoms with Gasteiger partial charge in [0.1, 0.15) is 6.10 Å². The van der Waals surface area contributed by atoms with Crippen molar-refractivity contribution in [2.75, 3.05) is 33.7 Å². The number of esters is 1. The molecule has 5 aliphatic carbocycles. The first-order valence-electron chi connectivity index (χ1n) is 21.9. The number of hydrogen-bond donors (Lipinski definition) is 2. The molecule has 2 N–H and O–H groups in total. The number of benzene rings is 1. The van der Waals surface area contributed by atoms with Crippen LogP contribution in [0.3, 0.4) is 0 Å². The Balaban J connectivity index is 1.29. The molecule has 9 heteroatoms. The second kappa shape index (κ2) is 15.6. The predicted octanol–water partition coefficient (Wildman–Crippen LogP) is 9.46. The number of carbonyl (C=O) groups excluding carboxylic acids is 2. The molecule has 0 bridgehead atoms. The lowest BCUT2D eigenvalue weighted by Gasteiger charge is -2.72. The molecule has 4 fully saturated rings. The molecule has 0 heterocycles. The van der Waals surface area contributed by atoms with Gasteiger partial charge in [-0.3, -0.25) is 19.3 Å². The molecule has 0 aromatic heterocycles. The summed E-state index contributed by atoms with van der Waals surface area (Å²) in [6, 6.07) is 7.98. The number of aliphatic carboxylic acids is 1. The fourth-order valence-corrected chi connectivity index (χ4v) is 14.0. The van der Waals surface area contributed by atoms with Crippen LogP contribution in [-0.4, -0.2) is 83.7 Å². The van der Waals surface area contributed by atoms with Gasteiger partial charge in [-0.25, -0.2) is 0 Å². The Labute approximate surface area is 348 Å². The van der Waals surface area contributed by atoms with Gasteiger partial charge >= 0.3 is 11.9 Å². The number of allylic oxidation sites excluding steroid dienone is 1. The third-order valence-electron chi connectivity index (χ3n) is 17.1. The van der Waals surface area contributed by atoms with Crippen LogP contribution in [-0.2, 0) is 25.7 Å². The summed E-state index contributed by atoms with van der Waals surface area (Å²) in [5, 5.41) is 23.1. The number of carbonyl (C=O) groups is 3. The second-order valence-corrected chi connectivity index (χ2v) is 22.1. The molecule has 0 saturated heterocycles. The molecule has 8 nitrogen and oxygen atoms in total. The van der Waals surface area contributed by atoms with Gasteiger partial charge < -0.3 is 19.8 Å². The van der Waals surface area contributed by atoms with Crippen molar-refractivity contribution in [2.24, 2.45) is 56.2 Å². The molecule has 1 aromatic carbocycles. The van der Waals surface area contributed by atoms with Gasteiger partial charge in [-0.15, -0.1) is 0 Å². The third-order valence-corrected chi connectivity index (χ3v) is 17.5. The van der Waals surface area contributed by atoms with Crippen molar-refractivity contribution in [1.82, 2.24) is 9.80 Å². The third kappa shape index (κ3) is 7.47. The van der Waals surface area contributed by atoms with E-state index in [2.05, 4.69) is 78.4 Å². The Kier molecular flexibility index (Phi) is 12.2. The molecule has 57 heavy (non-hydrogen) atoms. The zero-order valence-corrected chi connectivity index (χ0v) is 37.7. The van der Waals surface area contributed by atoms with Gasteiger partial charge in [0.15, 0.2) is 5.78 Å². The summed E-state index contributed by atoms with van der Waals surface area (Å²) in [6.07, 6.45) is 7.07. The molecule has 6 rings (SSSR count). The molecule has 9 atom stereocenters. The lowest BCUT2D eigenvalue weighted by molar-refractivity contribution is -0.235. The number of aliphatic hydroxyl groups is 1. The van der Waals surface area contributed by atoms with Crippen LogP contribution in [0.2, 0.25) is 5.02 Å². The number of aliphatic hydroxyl groups excluding tert-OH is 1. The highest BCUT2D eigenvalue weighted by atomic mass is 35.5. The van der Waals surface area contributed by atoms with Gasteiger partial charge in [-0.05, 0) is 136 Å². The Morgan fingerprint density at radius 2 is 1.61 bits per heavy atom. The number of carboxylic acid groups (broad SMARTS) is 1. The van der Waals surface area contributed by atoms with E-state index in [0.29, 0.717) is 31.3 Å². The summed E-state index contributed by atoms with van der Waals surface area (Å²) in [4.78, 5) is 43.8. The highest BCUT2D eigenvalue weighted by molar-refractivity contribution is 6.31. The molecule has 318 valence electrons. The predicted molar refractivity (Wildman–Crippen MR) is 227 cm³/mol. The Morgan fingerprint density at radius 3 is 2.25 bits per heavy atom. The topological polar surface area (TPSA) is 107 Å². The van der Waals surface area contributed by atoms with Crippen LogP contribution in [0.1, 0.15) is 132 Å². The highest BCUT2D eigenvalue weighted by Crippen LogP contribution is 2.77. The van der Waals surface area contributed by atoms with Crippen LogP contribution < -0.4 is 0 Å². The van der Waals surface area contributed by atoms with E-state index in [1.807, 2.05) is 18.2 Å². The normalized spacial score (nSPS) is 35.5. The van der Waals surface area contributed by atoms with Crippen LogP contribution >= 0.6 is 11.6 Å². The van der Waals surface area contributed by atoms with E-state index in [-0.39, 0.29) is 51.8 Å². The average Bonchev–Trinajstić information content (AvgIpc) is 3.42. The van der Waals surface area contributed by atoms with E-state index in [4.69, 9.17) is 16.3 Å². The van der Waals surface area contributed by atoms with Gasteiger partial charge in [-0.2, -0.15) is 0 Å². The molecule has 0 spiro atoms. The summed E-state index contributed by atoms with van der Waals surface area (Å²) in [6.45, 7) is 22.5. The number of ketones is 1. The molecule has 5 aliphatic rings. The first-order valence-corrected chi connectivity index (χ1v) is 22.3. The summed E-state index contributed by atoms with van der Waals surface area (Å²) >= 11 is 6.67. The molecular weight excluding hydrogens is 736 g/mol. The van der Waals surface area contributed by atoms with Crippen molar-refractivity contribution in [3.05, 3.63) is 46.0 Å². The van der Waals surface area contributed by atoms with Crippen LogP contribution in [0.5, 0.6) is 0 Å². The van der Waals surface area contributed by atoms with E-state index < -0.39 is 28.9 Å². The maximum Gasteiger partial charge on any atom is 0.309 e. The van der Waals surface area contributed by atoms with Crippen LogP contribution in [0.25, 0.3) is 0 Å². The quantitative estimate of drug-likeness (QED) is 0.190. The number of likely N-dealkylation sites (N-methyl/N-ethyl adjacent to an activating group) is 1. The van der Waals surface area contributed by atoms with Gasteiger partial charge in [0, 0.05) is 48.5 Å². The molecule has 0 aliphatic heterocycles. The van der Waals surface area contributed by atoms with Crippen LogP contribution in [0.4, 0.5) is 0 Å². The molecular formula is C48H73ClN2O6.